The van der Waals surface area contributed by atoms with Gasteiger partial charge in [0.15, 0.2) is 0 Å². The third kappa shape index (κ3) is 2.63. The van der Waals surface area contributed by atoms with Crippen molar-refractivity contribution < 1.29 is 4.79 Å². The van der Waals surface area contributed by atoms with Crippen LogP contribution in [0, 0.1) is 13.8 Å². The zero-order valence-electron chi connectivity index (χ0n) is 12.7. The van der Waals surface area contributed by atoms with Crippen molar-refractivity contribution in [2.45, 2.75) is 13.8 Å². The molecule has 22 heavy (non-hydrogen) atoms. The van der Waals surface area contributed by atoms with Gasteiger partial charge >= 0.3 is 0 Å². The third-order valence-electron chi connectivity index (χ3n) is 3.36. The highest BCUT2D eigenvalue weighted by Crippen LogP contribution is 2.22. The van der Waals surface area contributed by atoms with Gasteiger partial charge in [-0.2, -0.15) is 10.2 Å². The number of hydrogen-bond donors (Lipinski definition) is 1. The largest absolute Gasteiger partial charge is 0.320 e. The minimum atomic E-state index is -0.193. The van der Waals surface area contributed by atoms with E-state index in [0.29, 0.717) is 11.3 Å². The highest BCUT2D eigenvalue weighted by Gasteiger charge is 2.13. The third-order valence-corrected chi connectivity index (χ3v) is 3.36. The first-order chi connectivity index (χ1) is 10.5. The van der Waals surface area contributed by atoms with Crippen LogP contribution in [-0.4, -0.2) is 25.5 Å². The molecule has 0 fully saturated rings. The summed E-state index contributed by atoms with van der Waals surface area (Å²) in [5.41, 5.74) is 4.02. The van der Waals surface area contributed by atoms with E-state index in [1.807, 2.05) is 48.9 Å². The molecule has 3 rings (SSSR count). The highest BCUT2D eigenvalue weighted by atomic mass is 16.1. The van der Waals surface area contributed by atoms with Crippen LogP contribution in [0.15, 0.2) is 42.7 Å². The summed E-state index contributed by atoms with van der Waals surface area (Å²) < 4.78 is 3.43. The van der Waals surface area contributed by atoms with Gasteiger partial charge < -0.3 is 5.32 Å². The Balaban J connectivity index is 1.95. The van der Waals surface area contributed by atoms with Crippen LogP contribution >= 0.6 is 0 Å². The average Bonchev–Trinajstić information content (AvgIpc) is 3.05. The van der Waals surface area contributed by atoms with Gasteiger partial charge in [0.2, 0.25) is 0 Å². The number of hydrogen-bond acceptors (Lipinski definition) is 3. The molecule has 3 aromatic rings. The molecule has 0 saturated carbocycles. The summed E-state index contributed by atoms with van der Waals surface area (Å²) in [4.78, 5) is 12.3. The number of carbonyl (C=O) groups is 1. The molecule has 2 aromatic heterocycles. The van der Waals surface area contributed by atoms with E-state index in [0.717, 1.165) is 17.1 Å². The van der Waals surface area contributed by atoms with Crippen LogP contribution in [0.2, 0.25) is 0 Å². The molecule has 1 N–H and O–H groups in total. The first-order valence-electron chi connectivity index (χ1n) is 6.97. The zero-order valence-corrected chi connectivity index (χ0v) is 12.7. The summed E-state index contributed by atoms with van der Waals surface area (Å²) in [5, 5.41) is 11.4. The summed E-state index contributed by atoms with van der Waals surface area (Å²) in [6.45, 7) is 3.93. The molecule has 112 valence electrons. The quantitative estimate of drug-likeness (QED) is 0.807. The molecule has 6 nitrogen and oxygen atoms in total. The van der Waals surface area contributed by atoms with Gasteiger partial charge in [0.1, 0.15) is 0 Å². The number of anilines is 1. The van der Waals surface area contributed by atoms with Crippen LogP contribution in [0.5, 0.6) is 0 Å². The van der Waals surface area contributed by atoms with Gasteiger partial charge in [-0.25, -0.2) is 4.68 Å². The summed E-state index contributed by atoms with van der Waals surface area (Å²) in [5.74, 6) is -0.193. The van der Waals surface area contributed by atoms with Gasteiger partial charge in [0, 0.05) is 18.9 Å². The van der Waals surface area contributed by atoms with Gasteiger partial charge in [-0.05, 0) is 32.0 Å². The molecular formula is C16H17N5O. The standard InChI is InChI=1S/C16H17N5O/c1-11-8-12(2)21(19-11)15-7-5-4-6-14(15)18-16(22)13-9-17-20(3)10-13/h4-10H,1-3H3,(H,18,22). The van der Waals surface area contributed by atoms with Gasteiger partial charge in [-0.3, -0.25) is 9.48 Å². The van der Waals surface area contributed by atoms with Crippen molar-refractivity contribution in [1.82, 2.24) is 19.6 Å². The Bertz CT molecular complexity index is 831. The normalized spacial score (nSPS) is 10.7. The molecular weight excluding hydrogens is 278 g/mol. The number of nitrogens with one attached hydrogen (secondary N) is 1. The first-order valence-corrected chi connectivity index (χ1v) is 6.97. The lowest BCUT2D eigenvalue weighted by atomic mass is 10.2. The Kier molecular flexibility index (Phi) is 3.50. The average molecular weight is 295 g/mol. The van der Waals surface area contributed by atoms with Gasteiger partial charge in [-0.1, -0.05) is 12.1 Å². The monoisotopic (exact) mass is 295 g/mol. The minimum Gasteiger partial charge on any atom is -0.320 e. The molecule has 6 heteroatoms. The smallest absolute Gasteiger partial charge is 0.258 e. The predicted molar refractivity (Wildman–Crippen MR) is 84.2 cm³/mol. The van der Waals surface area contributed by atoms with E-state index >= 15 is 0 Å². The number of amides is 1. The van der Waals surface area contributed by atoms with E-state index in [2.05, 4.69) is 15.5 Å². The van der Waals surface area contributed by atoms with Gasteiger partial charge in [0.05, 0.1) is 28.8 Å². The van der Waals surface area contributed by atoms with Crippen LogP contribution in [0.1, 0.15) is 21.7 Å². The van der Waals surface area contributed by atoms with Crippen molar-refractivity contribution in [3.05, 3.63) is 59.7 Å². The number of nitrogens with zero attached hydrogens (tertiary/aromatic N) is 4. The second-order valence-electron chi connectivity index (χ2n) is 5.21. The molecule has 2 heterocycles. The van der Waals surface area contributed by atoms with Crippen molar-refractivity contribution in [2.75, 3.05) is 5.32 Å². The number of aromatic nitrogens is 4. The van der Waals surface area contributed by atoms with Crippen molar-refractivity contribution in [3.8, 4) is 5.69 Å². The van der Waals surface area contributed by atoms with Crippen molar-refractivity contribution in [3.63, 3.8) is 0 Å². The van der Waals surface area contributed by atoms with E-state index in [1.54, 1.807) is 24.1 Å². The van der Waals surface area contributed by atoms with Crippen molar-refractivity contribution >= 4 is 11.6 Å². The molecule has 0 aliphatic heterocycles. The second kappa shape index (κ2) is 5.48. The highest BCUT2D eigenvalue weighted by molar-refractivity contribution is 6.04. The Morgan fingerprint density at radius 2 is 2.00 bits per heavy atom. The van der Waals surface area contributed by atoms with E-state index in [4.69, 9.17) is 0 Å². The van der Waals surface area contributed by atoms with E-state index in [1.165, 1.54) is 0 Å². The lowest BCUT2D eigenvalue weighted by Gasteiger charge is -2.11. The summed E-state index contributed by atoms with van der Waals surface area (Å²) >= 11 is 0. The maximum Gasteiger partial charge on any atom is 0.258 e. The molecule has 0 atom stereocenters. The molecule has 1 aromatic carbocycles. The van der Waals surface area contributed by atoms with E-state index in [9.17, 15) is 4.79 Å². The van der Waals surface area contributed by atoms with Gasteiger partial charge in [-0.15, -0.1) is 0 Å². The number of benzene rings is 1. The lowest BCUT2D eigenvalue weighted by molar-refractivity contribution is 0.102. The maximum absolute atomic E-state index is 12.3. The molecule has 0 saturated heterocycles. The summed E-state index contributed by atoms with van der Waals surface area (Å²) in [6, 6.07) is 9.59. The SMILES string of the molecule is Cc1cc(C)n(-c2ccccc2NC(=O)c2cnn(C)c2)n1. The predicted octanol–water partition coefficient (Wildman–Crippen LogP) is 2.47. The topological polar surface area (TPSA) is 64.7 Å². The number of para-hydroxylation sites is 2. The number of carbonyl (C=O) groups excluding carboxylic acids is 1. The molecule has 0 radical (unpaired) electrons. The van der Waals surface area contributed by atoms with Crippen LogP contribution < -0.4 is 5.32 Å². The van der Waals surface area contributed by atoms with Crippen LogP contribution in [0.3, 0.4) is 0 Å². The summed E-state index contributed by atoms with van der Waals surface area (Å²) in [6.07, 6.45) is 3.22. The van der Waals surface area contributed by atoms with E-state index < -0.39 is 0 Å². The summed E-state index contributed by atoms with van der Waals surface area (Å²) in [7, 11) is 1.78. The van der Waals surface area contributed by atoms with Crippen LogP contribution in [0.25, 0.3) is 5.69 Å². The van der Waals surface area contributed by atoms with Crippen LogP contribution in [0.4, 0.5) is 5.69 Å². The molecule has 0 aliphatic carbocycles. The molecule has 0 aliphatic rings. The fourth-order valence-corrected chi connectivity index (χ4v) is 2.37. The Morgan fingerprint density at radius 1 is 1.23 bits per heavy atom. The number of rotatable bonds is 3. The Hall–Kier alpha value is -2.89. The molecule has 1 amide bonds. The molecule has 0 spiro atoms. The molecule has 0 bridgehead atoms. The Morgan fingerprint density at radius 3 is 2.64 bits per heavy atom. The van der Waals surface area contributed by atoms with Crippen molar-refractivity contribution in [1.29, 1.82) is 0 Å². The first kappa shape index (κ1) is 14.1. The minimum absolute atomic E-state index is 0.193. The van der Waals surface area contributed by atoms with Crippen molar-refractivity contribution in [2.24, 2.45) is 7.05 Å². The van der Waals surface area contributed by atoms with E-state index in [-0.39, 0.29) is 5.91 Å². The maximum atomic E-state index is 12.3. The molecule has 0 unspecified atom stereocenters. The fourth-order valence-electron chi connectivity index (χ4n) is 2.37. The Labute approximate surface area is 128 Å². The second-order valence-corrected chi connectivity index (χ2v) is 5.21. The number of aryl methyl sites for hydroxylation is 3. The van der Waals surface area contributed by atoms with Gasteiger partial charge in [0.25, 0.3) is 5.91 Å². The lowest BCUT2D eigenvalue weighted by Crippen LogP contribution is -2.14. The fraction of sp³-hybridized carbons (Fsp3) is 0.188. The zero-order chi connectivity index (χ0) is 15.7. The van der Waals surface area contributed by atoms with Crippen LogP contribution in [-0.2, 0) is 7.05 Å².